The number of hydrogen-bond acceptors (Lipinski definition) is 3. The van der Waals surface area contributed by atoms with Crippen LogP contribution in [0.2, 0.25) is 0 Å². The predicted molar refractivity (Wildman–Crippen MR) is 44.2 cm³/mol. The van der Waals surface area contributed by atoms with Gasteiger partial charge in [0.25, 0.3) is 5.91 Å². The van der Waals surface area contributed by atoms with Crippen LogP contribution in [0.1, 0.15) is 23.1 Å². The van der Waals surface area contributed by atoms with Crippen molar-refractivity contribution < 1.29 is 4.79 Å². The smallest absolute Gasteiger partial charge is 0.283 e. The van der Waals surface area contributed by atoms with Gasteiger partial charge in [-0.25, -0.2) is 5.84 Å². The predicted octanol–water partition coefficient (Wildman–Crippen LogP) is -0.414. The molecule has 1 aromatic heterocycles. The van der Waals surface area contributed by atoms with E-state index in [1.165, 1.54) is 4.68 Å². The first-order chi connectivity index (χ1) is 5.69. The summed E-state index contributed by atoms with van der Waals surface area (Å²) >= 11 is 0. The van der Waals surface area contributed by atoms with Crippen molar-refractivity contribution in [2.75, 3.05) is 0 Å². The van der Waals surface area contributed by atoms with Crippen molar-refractivity contribution in [2.24, 2.45) is 12.9 Å². The van der Waals surface area contributed by atoms with E-state index in [9.17, 15) is 4.79 Å². The van der Waals surface area contributed by atoms with E-state index in [2.05, 4.69) is 10.5 Å². The second-order valence-corrected chi connectivity index (χ2v) is 2.47. The lowest BCUT2D eigenvalue weighted by Crippen LogP contribution is -2.31. The van der Waals surface area contributed by atoms with Crippen LogP contribution in [0.25, 0.3) is 0 Å². The van der Waals surface area contributed by atoms with E-state index in [0.29, 0.717) is 5.69 Å². The SMILES string of the molecule is CCc1cc(C(=O)NN)n(C)n1. The fourth-order valence-electron chi connectivity index (χ4n) is 0.986. The lowest BCUT2D eigenvalue weighted by molar-refractivity contribution is 0.0944. The third-order valence-electron chi connectivity index (χ3n) is 1.66. The molecular weight excluding hydrogens is 156 g/mol. The van der Waals surface area contributed by atoms with Crippen molar-refractivity contribution in [1.29, 1.82) is 0 Å². The number of nitrogens with two attached hydrogens (primary N) is 1. The van der Waals surface area contributed by atoms with Gasteiger partial charge < -0.3 is 0 Å². The number of nitrogens with zero attached hydrogens (tertiary/aromatic N) is 2. The van der Waals surface area contributed by atoms with E-state index in [4.69, 9.17) is 5.84 Å². The molecule has 0 aliphatic heterocycles. The van der Waals surface area contributed by atoms with E-state index >= 15 is 0 Å². The Morgan fingerprint density at radius 2 is 2.50 bits per heavy atom. The highest BCUT2D eigenvalue weighted by molar-refractivity contribution is 5.92. The monoisotopic (exact) mass is 168 g/mol. The highest BCUT2D eigenvalue weighted by Crippen LogP contribution is 2.02. The molecule has 0 spiro atoms. The average Bonchev–Trinajstić information content (AvgIpc) is 2.45. The number of carbonyl (C=O) groups is 1. The maximum atomic E-state index is 11.1. The highest BCUT2D eigenvalue weighted by atomic mass is 16.2. The summed E-state index contributed by atoms with van der Waals surface area (Å²) in [5, 5.41) is 4.10. The zero-order chi connectivity index (χ0) is 9.14. The Morgan fingerprint density at radius 1 is 1.83 bits per heavy atom. The fourth-order valence-corrected chi connectivity index (χ4v) is 0.986. The molecular formula is C7H12N4O. The van der Waals surface area contributed by atoms with Crippen LogP contribution >= 0.6 is 0 Å². The molecule has 5 nitrogen and oxygen atoms in total. The summed E-state index contributed by atoms with van der Waals surface area (Å²) in [6.07, 6.45) is 0.811. The van der Waals surface area contributed by atoms with Gasteiger partial charge in [0.05, 0.1) is 5.69 Å². The van der Waals surface area contributed by atoms with Crippen LogP contribution in [0, 0.1) is 0 Å². The standard InChI is InChI=1S/C7H12N4O/c1-3-5-4-6(7(12)9-8)11(2)10-5/h4H,3,8H2,1-2H3,(H,9,12). The van der Waals surface area contributed by atoms with Crippen LogP contribution < -0.4 is 11.3 Å². The van der Waals surface area contributed by atoms with Gasteiger partial charge in [0.1, 0.15) is 5.69 Å². The molecule has 0 bridgehead atoms. The van der Waals surface area contributed by atoms with Gasteiger partial charge in [-0.15, -0.1) is 0 Å². The number of nitrogens with one attached hydrogen (secondary N) is 1. The van der Waals surface area contributed by atoms with Gasteiger partial charge in [0, 0.05) is 7.05 Å². The van der Waals surface area contributed by atoms with Crippen molar-refractivity contribution in [1.82, 2.24) is 15.2 Å². The maximum Gasteiger partial charge on any atom is 0.283 e. The Kier molecular flexibility index (Phi) is 2.44. The minimum Gasteiger partial charge on any atom is -0.289 e. The van der Waals surface area contributed by atoms with E-state index in [1.807, 2.05) is 6.92 Å². The van der Waals surface area contributed by atoms with Crippen molar-refractivity contribution in [3.63, 3.8) is 0 Å². The Hall–Kier alpha value is -1.36. The minimum atomic E-state index is -0.315. The summed E-state index contributed by atoms with van der Waals surface area (Å²) in [7, 11) is 1.71. The van der Waals surface area contributed by atoms with Gasteiger partial charge in [-0.1, -0.05) is 6.92 Å². The molecule has 1 heterocycles. The number of amides is 1. The zero-order valence-corrected chi connectivity index (χ0v) is 7.16. The van der Waals surface area contributed by atoms with Crippen LogP contribution in [0.3, 0.4) is 0 Å². The van der Waals surface area contributed by atoms with Gasteiger partial charge in [-0.3, -0.25) is 14.9 Å². The molecule has 5 heteroatoms. The first-order valence-electron chi connectivity index (χ1n) is 3.73. The Balaban J connectivity index is 2.99. The normalized spacial score (nSPS) is 9.92. The fraction of sp³-hybridized carbons (Fsp3) is 0.429. The van der Waals surface area contributed by atoms with Crippen molar-refractivity contribution in [3.05, 3.63) is 17.5 Å². The average molecular weight is 168 g/mol. The second-order valence-electron chi connectivity index (χ2n) is 2.47. The quantitative estimate of drug-likeness (QED) is 0.358. The lowest BCUT2D eigenvalue weighted by Gasteiger charge is -1.97. The molecule has 0 fully saturated rings. The van der Waals surface area contributed by atoms with Gasteiger partial charge in [0.2, 0.25) is 0 Å². The number of nitrogen functional groups attached to an aromatic ring is 1. The summed E-state index contributed by atoms with van der Waals surface area (Å²) in [5.41, 5.74) is 3.43. The molecule has 0 atom stereocenters. The molecule has 0 aliphatic rings. The topological polar surface area (TPSA) is 72.9 Å². The van der Waals surface area contributed by atoms with Crippen LogP contribution in [0.15, 0.2) is 6.07 Å². The number of hydrogen-bond donors (Lipinski definition) is 2. The number of rotatable bonds is 2. The molecule has 1 aromatic rings. The van der Waals surface area contributed by atoms with Crippen molar-refractivity contribution in [2.45, 2.75) is 13.3 Å². The summed E-state index contributed by atoms with van der Waals surface area (Å²) in [4.78, 5) is 11.1. The summed E-state index contributed by atoms with van der Waals surface area (Å²) < 4.78 is 1.51. The Bertz CT molecular complexity index is 292. The van der Waals surface area contributed by atoms with Crippen LogP contribution in [-0.4, -0.2) is 15.7 Å². The van der Waals surface area contributed by atoms with Crippen LogP contribution in [0.4, 0.5) is 0 Å². The number of aryl methyl sites for hydroxylation is 2. The lowest BCUT2D eigenvalue weighted by atomic mass is 10.3. The Labute approximate surface area is 70.5 Å². The molecule has 12 heavy (non-hydrogen) atoms. The summed E-state index contributed by atoms with van der Waals surface area (Å²) in [6.45, 7) is 1.98. The van der Waals surface area contributed by atoms with Crippen LogP contribution in [-0.2, 0) is 13.5 Å². The van der Waals surface area contributed by atoms with Gasteiger partial charge in [-0.2, -0.15) is 5.10 Å². The molecule has 66 valence electrons. The highest BCUT2D eigenvalue weighted by Gasteiger charge is 2.10. The molecule has 0 saturated heterocycles. The summed E-state index contributed by atoms with van der Waals surface area (Å²) in [5.74, 6) is 4.67. The van der Waals surface area contributed by atoms with Crippen LogP contribution in [0.5, 0.6) is 0 Å². The number of hydrazine groups is 1. The first kappa shape index (κ1) is 8.73. The summed E-state index contributed by atoms with van der Waals surface area (Å²) in [6, 6.07) is 1.72. The molecule has 0 unspecified atom stereocenters. The maximum absolute atomic E-state index is 11.1. The van der Waals surface area contributed by atoms with E-state index in [-0.39, 0.29) is 5.91 Å². The third kappa shape index (κ3) is 1.45. The van der Waals surface area contributed by atoms with Crippen molar-refractivity contribution >= 4 is 5.91 Å². The van der Waals surface area contributed by atoms with E-state index in [0.717, 1.165) is 12.1 Å². The number of aromatic nitrogens is 2. The molecule has 0 aromatic carbocycles. The molecule has 1 amide bonds. The van der Waals surface area contributed by atoms with E-state index < -0.39 is 0 Å². The third-order valence-corrected chi connectivity index (χ3v) is 1.66. The second kappa shape index (κ2) is 3.36. The first-order valence-corrected chi connectivity index (χ1v) is 3.73. The molecule has 0 saturated carbocycles. The Morgan fingerprint density at radius 3 is 2.92 bits per heavy atom. The largest absolute Gasteiger partial charge is 0.289 e. The van der Waals surface area contributed by atoms with Gasteiger partial charge >= 0.3 is 0 Å². The zero-order valence-electron chi connectivity index (χ0n) is 7.16. The molecule has 0 radical (unpaired) electrons. The minimum absolute atomic E-state index is 0.315. The van der Waals surface area contributed by atoms with E-state index in [1.54, 1.807) is 13.1 Å². The van der Waals surface area contributed by atoms with Gasteiger partial charge in [-0.05, 0) is 12.5 Å². The molecule has 0 aliphatic carbocycles. The number of carbonyl (C=O) groups excluding carboxylic acids is 1. The van der Waals surface area contributed by atoms with Crippen molar-refractivity contribution in [3.8, 4) is 0 Å². The van der Waals surface area contributed by atoms with Gasteiger partial charge in [0.15, 0.2) is 0 Å². The molecule has 1 rings (SSSR count). The molecule has 3 N–H and O–H groups in total.